The summed E-state index contributed by atoms with van der Waals surface area (Å²) < 4.78 is 147. The normalized spacial score (nSPS) is 12.3. The van der Waals surface area contributed by atoms with Crippen LogP contribution in [0.5, 0.6) is 0 Å². The van der Waals surface area contributed by atoms with Crippen molar-refractivity contribution in [2.24, 2.45) is 0 Å². The molecule has 3 nitrogen and oxygen atoms in total. The first-order valence-electron chi connectivity index (χ1n) is 12.8. The van der Waals surface area contributed by atoms with Crippen molar-refractivity contribution in [3.63, 3.8) is 0 Å². The van der Waals surface area contributed by atoms with E-state index in [1.54, 1.807) is 36.4 Å². The van der Waals surface area contributed by atoms with E-state index in [0.29, 0.717) is 46.5 Å². The van der Waals surface area contributed by atoms with E-state index in [1.165, 1.54) is 0 Å². The molecule has 1 N–H and O–H groups in total. The van der Waals surface area contributed by atoms with Gasteiger partial charge >= 0.3 is 15.6 Å². The van der Waals surface area contributed by atoms with E-state index in [9.17, 15) is 22.0 Å². The number of benzene rings is 5. The summed E-state index contributed by atoms with van der Waals surface area (Å²) in [6.45, 7) is 0. The van der Waals surface area contributed by atoms with Gasteiger partial charge in [0.05, 0.1) is 11.1 Å². The van der Waals surface area contributed by atoms with Crippen LogP contribution >= 0.6 is 0 Å². The molecule has 0 amide bonds. The standard InChI is InChI=1S/C31H16F6.CHF3O3S/c32-18-11-24(34)30(25(35)12-18)28-21(16-6-2-1-3-7-16)15-22-20-9-5-4-8-17(20)10-23(22)29(28)31-26(36)13-19(33)14-27(31)37;2-1(3,4)8(5,6)7/h1-9,11-15H,10H2;(H,5,6,7). The van der Waals surface area contributed by atoms with Crippen molar-refractivity contribution in [2.45, 2.75) is 11.9 Å². The van der Waals surface area contributed by atoms with Gasteiger partial charge < -0.3 is 0 Å². The number of halogens is 9. The maximum absolute atomic E-state index is 15.4. The van der Waals surface area contributed by atoms with Gasteiger partial charge in [-0.25, -0.2) is 26.3 Å². The Labute approximate surface area is 250 Å². The molecule has 0 saturated carbocycles. The fourth-order valence-corrected chi connectivity index (χ4v) is 5.22. The third-order valence-electron chi connectivity index (χ3n) is 7.00. The Balaban J connectivity index is 0.000000444. The Morgan fingerprint density at radius 2 is 1.00 bits per heavy atom. The molecule has 13 heteroatoms. The second-order valence-corrected chi connectivity index (χ2v) is 11.2. The van der Waals surface area contributed by atoms with Crippen molar-refractivity contribution in [1.82, 2.24) is 0 Å². The highest BCUT2D eigenvalue weighted by Crippen LogP contribution is 2.52. The van der Waals surface area contributed by atoms with Gasteiger partial charge in [-0.1, -0.05) is 54.6 Å². The molecule has 5 aromatic rings. The van der Waals surface area contributed by atoms with Crippen LogP contribution in [0.2, 0.25) is 0 Å². The average molecular weight is 653 g/mol. The lowest BCUT2D eigenvalue weighted by atomic mass is 9.81. The van der Waals surface area contributed by atoms with Gasteiger partial charge in [-0.3, -0.25) is 4.55 Å². The highest BCUT2D eigenvalue weighted by Gasteiger charge is 2.44. The van der Waals surface area contributed by atoms with Crippen LogP contribution in [0.25, 0.3) is 44.5 Å². The lowest BCUT2D eigenvalue weighted by molar-refractivity contribution is -0.0510. The van der Waals surface area contributed by atoms with Gasteiger partial charge in [-0.2, -0.15) is 21.6 Å². The lowest BCUT2D eigenvalue weighted by Gasteiger charge is -2.22. The summed E-state index contributed by atoms with van der Waals surface area (Å²) in [5.41, 5.74) is -3.46. The van der Waals surface area contributed by atoms with Crippen molar-refractivity contribution < 1.29 is 52.5 Å². The van der Waals surface area contributed by atoms with E-state index in [1.807, 2.05) is 24.3 Å². The maximum atomic E-state index is 15.4. The van der Waals surface area contributed by atoms with Gasteiger partial charge in [0, 0.05) is 35.4 Å². The van der Waals surface area contributed by atoms with Gasteiger partial charge in [-0.05, 0) is 45.9 Å². The summed E-state index contributed by atoms with van der Waals surface area (Å²) in [5.74, 6) is -7.15. The Morgan fingerprint density at radius 3 is 1.49 bits per heavy atom. The summed E-state index contributed by atoms with van der Waals surface area (Å²) in [7, 11) is -5.84. The molecule has 6 rings (SSSR count). The van der Waals surface area contributed by atoms with Crippen molar-refractivity contribution in [2.75, 3.05) is 0 Å². The fraction of sp³-hybridized carbons (Fsp3) is 0.0625. The van der Waals surface area contributed by atoms with Crippen molar-refractivity contribution in [3.05, 3.63) is 131 Å². The predicted octanol–water partition coefficient (Wildman–Crippen LogP) is 9.49. The number of rotatable bonds is 3. The second-order valence-electron chi connectivity index (χ2n) is 9.81. The van der Waals surface area contributed by atoms with E-state index in [-0.39, 0.29) is 17.5 Å². The third-order valence-corrected chi connectivity index (χ3v) is 7.59. The summed E-state index contributed by atoms with van der Waals surface area (Å²) in [5, 5.41) is 0. The SMILES string of the molecule is Fc1cc(F)c(-c2c(-c3ccccc3)cc3c(c2-c2c(F)cc(F)cc2F)Cc2ccccc2-3)c(F)c1.O=S(=O)(O)C(F)(F)F. The zero-order valence-electron chi connectivity index (χ0n) is 22.4. The summed E-state index contributed by atoms with van der Waals surface area (Å²) in [6, 6.07) is 19.8. The van der Waals surface area contributed by atoms with Crippen LogP contribution in [0.1, 0.15) is 11.1 Å². The van der Waals surface area contributed by atoms with E-state index in [0.717, 1.165) is 11.1 Å². The maximum Gasteiger partial charge on any atom is 0.522 e. The molecule has 0 aliphatic heterocycles. The molecule has 0 fully saturated rings. The van der Waals surface area contributed by atoms with E-state index < -0.39 is 61.7 Å². The molecule has 0 atom stereocenters. The summed E-state index contributed by atoms with van der Waals surface area (Å²) in [6.07, 6.45) is 0.226. The molecule has 0 heterocycles. The molecule has 0 aromatic heterocycles. The Hall–Kier alpha value is -4.62. The van der Waals surface area contributed by atoms with Crippen LogP contribution in [0.15, 0.2) is 84.9 Å². The number of fused-ring (bicyclic) bond motifs is 3. The largest absolute Gasteiger partial charge is 0.522 e. The molecule has 5 aromatic carbocycles. The van der Waals surface area contributed by atoms with Gasteiger partial charge in [0.25, 0.3) is 0 Å². The van der Waals surface area contributed by atoms with Gasteiger partial charge in [-0.15, -0.1) is 0 Å². The fourth-order valence-electron chi connectivity index (χ4n) is 5.22. The minimum absolute atomic E-state index is 0.105. The highest BCUT2D eigenvalue weighted by molar-refractivity contribution is 7.86. The van der Waals surface area contributed by atoms with Crippen LogP contribution in [0, 0.1) is 34.9 Å². The smallest absolute Gasteiger partial charge is 0.279 e. The Morgan fingerprint density at radius 1 is 0.556 bits per heavy atom. The van der Waals surface area contributed by atoms with Crippen LogP contribution in [-0.4, -0.2) is 18.5 Å². The van der Waals surface area contributed by atoms with Crippen molar-refractivity contribution >= 4 is 10.1 Å². The molecule has 232 valence electrons. The average Bonchev–Trinajstić information content (AvgIpc) is 3.31. The molecular weight excluding hydrogens is 635 g/mol. The zero-order valence-corrected chi connectivity index (χ0v) is 23.2. The first-order valence-corrected chi connectivity index (χ1v) is 14.2. The summed E-state index contributed by atoms with van der Waals surface area (Å²) in [4.78, 5) is 0. The molecule has 1 aliphatic carbocycles. The minimum atomic E-state index is -5.84. The van der Waals surface area contributed by atoms with Crippen LogP contribution in [0.3, 0.4) is 0 Å². The van der Waals surface area contributed by atoms with Crippen LogP contribution < -0.4 is 0 Å². The number of hydrogen-bond donors (Lipinski definition) is 1. The molecule has 0 radical (unpaired) electrons. The predicted molar refractivity (Wildman–Crippen MR) is 148 cm³/mol. The topological polar surface area (TPSA) is 54.4 Å². The number of alkyl halides is 3. The first kappa shape index (κ1) is 31.8. The van der Waals surface area contributed by atoms with Crippen LogP contribution in [-0.2, 0) is 16.5 Å². The Bertz CT molecular complexity index is 2010. The highest BCUT2D eigenvalue weighted by atomic mass is 32.2. The summed E-state index contributed by atoms with van der Waals surface area (Å²) >= 11 is 0. The quantitative estimate of drug-likeness (QED) is 0.118. The molecule has 0 unspecified atom stereocenters. The zero-order chi connectivity index (χ0) is 32.8. The lowest BCUT2D eigenvalue weighted by Crippen LogP contribution is -2.21. The molecule has 45 heavy (non-hydrogen) atoms. The van der Waals surface area contributed by atoms with Gasteiger partial charge in [0.1, 0.15) is 34.9 Å². The first-order chi connectivity index (χ1) is 21.1. The molecular formula is C32H17F9O3S. The van der Waals surface area contributed by atoms with Crippen LogP contribution in [0.4, 0.5) is 39.5 Å². The van der Waals surface area contributed by atoms with E-state index in [2.05, 4.69) is 0 Å². The van der Waals surface area contributed by atoms with Crippen molar-refractivity contribution in [1.29, 1.82) is 0 Å². The minimum Gasteiger partial charge on any atom is -0.279 e. The van der Waals surface area contributed by atoms with Gasteiger partial charge in [0.15, 0.2) is 0 Å². The van der Waals surface area contributed by atoms with Crippen molar-refractivity contribution in [3.8, 4) is 44.5 Å². The molecule has 0 saturated heterocycles. The van der Waals surface area contributed by atoms with E-state index in [4.69, 9.17) is 13.0 Å². The molecule has 0 spiro atoms. The monoisotopic (exact) mass is 652 g/mol. The van der Waals surface area contributed by atoms with Gasteiger partial charge in [0.2, 0.25) is 0 Å². The second kappa shape index (κ2) is 11.7. The molecule has 0 bridgehead atoms. The van der Waals surface area contributed by atoms with E-state index >= 15 is 17.6 Å². The Kier molecular flexibility index (Phi) is 8.27. The molecule has 1 aliphatic rings. The third kappa shape index (κ3) is 6.05. The number of hydrogen-bond acceptors (Lipinski definition) is 2.